The van der Waals surface area contributed by atoms with E-state index >= 15 is 0 Å². The number of carbonyl (C=O) groups excluding carboxylic acids is 2. The highest BCUT2D eigenvalue weighted by molar-refractivity contribution is 6.08. The maximum atomic E-state index is 12.8. The van der Waals surface area contributed by atoms with E-state index in [1.54, 1.807) is 7.11 Å². The Hall–Kier alpha value is -2.42. The molecule has 110 valence electrons. The number of carbonyl (C=O) groups is 2. The third-order valence-electron chi connectivity index (χ3n) is 4.77. The van der Waals surface area contributed by atoms with Gasteiger partial charge in [0.1, 0.15) is 5.75 Å². The molecule has 3 nitrogen and oxygen atoms in total. The number of ether oxygens (including phenoxy) is 1. The first kappa shape index (κ1) is 13.3. The SMILES string of the molecule is COc1ccccc1C1Cc2cc3c(cc2C1=O)CCC3=O. The molecule has 0 N–H and O–H groups in total. The molecule has 2 aromatic rings. The Labute approximate surface area is 128 Å². The van der Waals surface area contributed by atoms with Crippen LogP contribution in [0.3, 0.4) is 0 Å². The summed E-state index contributed by atoms with van der Waals surface area (Å²) in [5.41, 5.74) is 4.54. The fourth-order valence-corrected chi connectivity index (χ4v) is 3.64. The third kappa shape index (κ3) is 1.82. The average Bonchev–Trinajstić information content (AvgIpc) is 3.07. The Morgan fingerprint density at radius 3 is 2.59 bits per heavy atom. The van der Waals surface area contributed by atoms with Gasteiger partial charge in [-0.2, -0.15) is 0 Å². The van der Waals surface area contributed by atoms with Gasteiger partial charge in [-0.1, -0.05) is 18.2 Å². The van der Waals surface area contributed by atoms with E-state index in [2.05, 4.69) is 0 Å². The molecule has 3 heteroatoms. The highest BCUT2D eigenvalue weighted by atomic mass is 16.5. The fraction of sp³-hybridized carbons (Fsp3) is 0.263. The molecule has 4 rings (SSSR count). The van der Waals surface area contributed by atoms with Crippen LogP contribution < -0.4 is 4.74 Å². The standard InChI is InChI=1S/C19H16O3/c1-22-18-5-3-2-4-13(18)16-10-12-9-14-11(6-7-17(14)20)8-15(12)19(16)21/h2-5,8-9,16H,6-7,10H2,1H3. The van der Waals surface area contributed by atoms with Gasteiger partial charge in [0.15, 0.2) is 11.6 Å². The second-order valence-corrected chi connectivity index (χ2v) is 5.95. The molecule has 0 heterocycles. The van der Waals surface area contributed by atoms with Crippen molar-refractivity contribution in [3.8, 4) is 5.75 Å². The highest BCUT2D eigenvalue weighted by Crippen LogP contribution is 2.40. The van der Waals surface area contributed by atoms with Crippen molar-refractivity contribution in [2.45, 2.75) is 25.2 Å². The first-order valence-corrected chi connectivity index (χ1v) is 7.55. The average molecular weight is 292 g/mol. The second-order valence-electron chi connectivity index (χ2n) is 5.95. The minimum Gasteiger partial charge on any atom is -0.496 e. The summed E-state index contributed by atoms with van der Waals surface area (Å²) in [6.45, 7) is 0. The van der Waals surface area contributed by atoms with Crippen molar-refractivity contribution < 1.29 is 14.3 Å². The van der Waals surface area contributed by atoms with Gasteiger partial charge in [0.2, 0.25) is 0 Å². The number of aryl methyl sites for hydroxylation is 1. The van der Waals surface area contributed by atoms with Crippen molar-refractivity contribution >= 4 is 11.6 Å². The minimum atomic E-state index is -0.205. The highest BCUT2D eigenvalue weighted by Gasteiger charge is 2.35. The topological polar surface area (TPSA) is 43.4 Å². The van der Waals surface area contributed by atoms with E-state index < -0.39 is 0 Å². The molecular formula is C19H16O3. The molecule has 0 bridgehead atoms. The molecule has 0 saturated heterocycles. The fourth-order valence-electron chi connectivity index (χ4n) is 3.64. The zero-order valence-corrected chi connectivity index (χ0v) is 12.4. The lowest BCUT2D eigenvalue weighted by molar-refractivity contribution is 0.0969. The normalized spacial score (nSPS) is 19.2. The smallest absolute Gasteiger partial charge is 0.171 e. The number of fused-ring (bicyclic) bond motifs is 2. The molecule has 0 aromatic heterocycles. The van der Waals surface area contributed by atoms with E-state index in [4.69, 9.17) is 4.74 Å². The first-order valence-electron chi connectivity index (χ1n) is 7.55. The van der Waals surface area contributed by atoms with E-state index in [0.717, 1.165) is 40.0 Å². The molecule has 0 spiro atoms. The van der Waals surface area contributed by atoms with Crippen molar-refractivity contribution in [1.29, 1.82) is 0 Å². The van der Waals surface area contributed by atoms with Crippen molar-refractivity contribution in [1.82, 2.24) is 0 Å². The Bertz CT molecular complexity index is 804. The van der Waals surface area contributed by atoms with Crippen LogP contribution in [0.2, 0.25) is 0 Å². The molecule has 22 heavy (non-hydrogen) atoms. The van der Waals surface area contributed by atoms with Crippen molar-refractivity contribution in [3.05, 3.63) is 64.2 Å². The lowest BCUT2D eigenvalue weighted by atomic mass is 9.94. The van der Waals surface area contributed by atoms with Gasteiger partial charge < -0.3 is 4.74 Å². The van der Waals surface area contributed by atoms with Gasteiger partial charge >= 0.3 is 0 Å². The Morgan fingerprint density at radius 2 is 1.77 bits per heavy atom. The van der Waals surface area contributed by atoms with E-state index in [0.29, 0.717) is 12.8 Å². The number of benzene rings is 2. The molecule has 0 fully saturated rings. The van der Waals surface area contributed by atoms with Crippen LogP contribution in [0.25, 0.3) is 0 Å². The summed E-state index contributed by atoms with van der Waals surface area (Å²) in [4.78, 5) is 24.7. The predicted molar refractivity (Wildman–Crippen MR) is 82.9 cm³/mol. The summed E-state index contributed by atoms with van der Waals surface area (Å²) >= 11 is 0. The van der Waals surface area contributed by atoms with E-state index in [-0.39, 0.29) is 17.5 Å². The van der Waals surface area contributed by atoms with Gasteiger partial charge in [0.05, 0.1) is 13.0 Å². The maximum Gasteiger partial charge on any atom is 0.171 e. The quantitative estimate of drug-likeness (QED) is 0.852. The van der Waals surface area contributed by atoms with Crippen LogP contribution in [-0.4, -0.2) is 18.7 Å². The molecular weight excluding hydrogens is 276 g/mol. The predicted octanol–water partition coefficient (Wildman–Crippen LogP) is 3.35. The summed E-state index contributed by atoms with van der Waals surface area (Å²) < 4.78 is 5.40. The van der Waals surface area contributed by atoms with Crippen LogP contribution in [0.15, 0.2) is 36.4 Å². The summed E-state index contributed by atoms with van der Waals surface area (Å²) in [6, 6.07) is 11.5. The number of methoxy groups -OCH3 is 1. The number of hydrogen-bond donors (Lipinski definition) is 0. The van der Waals surface area contributed by atoms with Gasteiger partial charge in [0, 0.05) is 23.1 Å². The summed E-state index contributed by atoms with van der Waals surface area (Å²) in [5.74, 6) is 0.883. The van der Waals surface area contributed by atoms with Gasteiger partial charge in [-0.25, -0.2) is 0 Å². The largest absolute Gasteiger partial charge is 0.496 e. The summed E-state index contributed by atoms with van der Waals surface area (Å²) in [6.07, 6.45) is 1.98. The third-order valence-corrected chi connectivity index (χ3v) is 4.77. The van der Waals surface area contributed by atoms with Gasteiger partial charge in [-0.15, -0.1) is 0 Å². The zero-order valence-electron chi connectivity index (χ0n) is 12.4. The lowest BCUT2D eigenvalue weighted by Crippen LogP contribution is -2.08. The molecule has 1 unspecified atom stereocenters. The van der Waals surface area contributed by atoms with Crippen LogP contribution >= 0.6 is 0 Å². The van der Waals surface area contributed by atoms with Crippen molar-refractivity contribution in [2.24, 2.45) is 0 Å². The Kier molecular flexibility index (Phi) is 2.89. The van der Waals surface area contributed by atoms with E-state index in [9.17, 15) is 9.59 Å². The number of hydrogen-bond acceptors (Lipinski definition) is 3. The summed E-state index contributed by atoms with van der Waals surface area (Å²) in [5, 5.41) is 0. The molecule has 0 amide bonds. The number of rotatable bonds is 2. The minimum absolute atomic E-state index is 0.140. The van der Waals surface area contributed by atoms with Crippen LogP contribution in [0, 0.1) is 0 Å². The van der Waals surface area contributed by atoms with Crippen LogP contribution in [0.4, 0.5) is 0 Å². The van der Waals surface area contributed by atoms with Crippen LogP contribution in [-0.2, 0) is 12.8 Å². The molecule has 0 radical (unpaired) electrons. The van der Waals surface area contributed by atoms with E-state index in [1.165, 1.54) is 0 Å². The monoisotopic (exact) mass is 292 g/mol. The van der Waals surface area contributed by atoms with Gasteiger partial charge in [-0.05, 0) is 42.2 Å². The molecule has 0 saturated carbocycles. The Balaban J connectivity index is 1.78. The number of para-hydroxylation sites is 1. The number of ketones is 2. The van der Waals surface area contributed by atoms with Crippen LogP contribution in [0.1, 0.15) is 49.7 Å². The maximum absolute atomic E-state index is 12.8. The molecule has 2 aliphatic rings. The Morgan fingerprint density at radius 1 is 1.00 bits per heavy atom. The number of Topliss-reactive ketones (excluding diaryl/α,β-unsaturated/α-hetero) is 2. The lowest BCUT2D eigenvalue weighted by Gasteiger charge is -2.12. The van der Waals surface area contributed by atoms with Crippen LogP contribution in [0.5, 0.6) is 5.75 Å². The zero-order chi connectivity index (χ0) is 15.3. The summed E-state index contributed by atoms with van der Waals surface area (Å²) in [7, 11) is 1.62. The van der Waals surface area contributed by atoms with Crippen molar-refractivity contribution in [2.75, 3.05) is 7.11 Å². The first-order chi connectivity index (χ1) is 10.7. The van der Waals surface area contributed by atoms with Crippen molar-refractivity contribution in [3.63, 3.8) is 0 Å². The molecule has 0 aliphatic heterocycles. The second kappa shape index (κ2) is 4.80. The molecule has 2 aliphatic carbocycles. The molecule has 2 aromatic carbocycles. The van der Waals surface area contributed by atoms with E-state index in [1.807, 2.05) is 36.4 Å². The molecule has 1 atom stereocenters. The van der Waals surface area contributed by atoms with Gasteiger partial charge in [0.25, 0.3) is 0 Å². The van der Waals surface area contributed by atoms with Gasteiger partial charge in [-0.3, -0.25) is 9.59 Å².